The summed E-state index contributed by atoms with van der Waals surface area (Å²) in [5.41, 5.74) is -0.698. The predicted molar refractivity (Wildman–Crippen MR) is 100 cm³/mol. The van der Waals surface area contributed by atoms with Crippen LogP contribution in [0.3, 0.4) is 0 Å². The highest BCUT2D eigenvalue weighted by Gasteiger charge is 2.34. The molecule has 0 atom stereocenters. The lowest BCUT2D eigenvalue weighted by atomic mass is 10.1. The van der Waals surface area contributed by atoms with Gasteiger partial charge in [-0.3, -0.25) is 4.79 Å². The van der Waals surface area contributed by atoms with Crippen LogP contribution in [0.15, 0.2) is 47.5 Å². The van der Waals surface area contributed by atoms with Crippen LogP contribution in [0.1, 0.15) is 11.4 Å². The maximum atomic E-state index is 13.1. The van der Waals surface area contributed by atoms with E-state index in [2.05, 4.69) is 15.3 Å². The van der Waals surface area contributed by atoms with Gasteiger partial charge in [0.15, 0.2) is 0 Å². The van der Waals surface area contributed by atoms with Gasteiger partial charge in [-0.2, -0.15) is 13.2 Å². The average Bonchev–Trinajstić information content (AvgIpc) is 2.60. The number of nitrogens with one attached hydrogen (secondary N) is 1. The first-order valence-electron chi connectivity index (χ1n) is 7.77. The number of para-hydroxylation sites is 2. The molecule has 0 saturated carbocycles. The van der Waals surface area contributed by atoms with Gasteiger partial charge in [0, 0.05) is 5.39 Å². The Hall–Kier alpha value is -2.32. The number of thioether (sulfide) groups is 1. The van der Waals surface area contributed by atoms with Crippen LogP contribution in [-0.2, 0) is 11.0 Å². The minimum atomic E-state index is -4.62. The molecule has 0 radical (unpaired) electrons. The molecule has 0 aliphatic carbocycles. The highest BCUT2D eigenvalue weighted by Crippen LogP contribution is 2.38. The Morgan fingerprint density at radius 3 is 2.63 bits per heavy atom. The van der Waals surface area contributed by atoms with Crippen LogP contribution in [0.25, 0.3) is 10.9 Å². The Morgan fingerprint density at radius 1 is 1.15 bits per heavy atom. The smallest absolute Gasteiger partial charge is 0.324 e. The van der Waals surface area contributed by atoms with Crippen molar-refractivity contribution in [3.8, 4) is 0 Å². The molecule has 1 N–H and O–H groups in total. The molecule has 0 aliphatic heterocycles. The fourth-order valence-corrected chi connectivity index (χ4v) is 3.55. The lowest BCUT2D eigenvalue weighted by Gasteiger charge is -2.15. The summed E-state index contributed by atoms with van der Waals surface area (Å²) in [6, 6.07) is 10.7. The number of fused-ring (bicyclic) bond motifs is 1. The topological polar surface area (TPSA) is 54.9 Å². The lowest BCUT2D eigenvalue weighted by Crippen LogP contribution is -2.18. The highest BCUT2D eigenvalue weighted by molar-refractivity contribution is 8.00. The van der Waals surface area contributed by atoms with E-state index >= 15 is 0 Å². The van der Waals surface area contributed by atoms with E-state index in [1.54, 1.807) is 6.92 Å². The molecule has 0 spiro atoms. The van der Waals surface area contributed by atoms with Crippen molar-refractivity contribution in [2.24, 2.45) is 0 Å². The van der Waals surface area contributed by atoms with Crippen LogP contribution in [0.2, 0.25) is 5.02 Å². The third-order valence-electron chi connectivity index (χ3n) is 3.60. The Kier molecular flexibility index (Phi) is 5.57. The zero-order chi connectivity index (χ0) is 19.6. The number of halogens is 4. The molecule has 0 aliphatic rings. The standard InChI is InChI=1S/C18H13ClF3N3OS/c1-10-23-14-8-3-2-5-11(14)17(24-10)27-9-15(26)25-16-12(18(20,21)22)6-4-7-13(16)19/h2-8H,9H2,1H3,(H,25,26). The number of carbonyl (C=O) groups is 1. The van der Waals surface area contributed by atoms with Gasteiger partial charge in [0.1, 0.15) is 10.9 Å². The van der Waals surface area contributed by atoms with Gasteiger partial charge in [0.2, 0.25) is 5.91 Å². The van der Waals surface area contributed by atoms with Crippen LogP contribution in [0.4, 0.5) is 18.9 Å². The van der Waals surface area contributed by atoms with Crippen LogP contribution in [0.5, 0.6) is 0 Å². The Bertz CT molecular complexity index is 1010. The van der Waals surface area contributed by atoms with Crippen molar-refractivity contribution in [1.82, 2.24) is 9.97 Å². The number of aryl methyl sites for hydroxylation is 1. The summed E-state index contributed by atoms with van der Waals surface area (Å²) in [4.78, 5) is 20.9. The maximum Gasteiger partial charge on any atom is 0.418 e. The second-order valence-electron chi connectivity index (χ2n) is 5.59. The maximum absolute atomic E-state index is 13.1. The van der Waals surface area contributed by atoms with Gasteiger partial charge in [-0.1, -0.05) is 47.6 Å². The molecular weight excluding hydrogens is 399 g/mol. The van der Waals surface area contributed by atoms with E-state index < -0.39 is 23.3 Å². The Balaban J connectivity index is 1.79. The van der Waals surface area contributed by atoms with E-state index in [9.17, 15) is 18.0 Å². The summed E-state index contributed by atoms with van der Waals surface area (Å²) in [6.45, 7) is 1.73. The number of aromatic nitrogens is 2. The van der Waals surface area contributed by atoms with Crippen LogP contribution < -0.4 is 5.32 Å². The van der Waals surface area contributed by atoms with E-state index in [0.29, 0.717) is 10.9 Å². The van der Waals surface area contributed by atoms with Gasteiger partial charge in [-0.25, -0.2) is 9.97 Å². The van der Waals surface area contributed by atoms with Crippen LogP contribution >= 0.6 is 23.4 Å². The molecule has 3 aromatic rings. The molecule has 27 heavy (non-hydrogen) atoms. The second kappa shape index (κ2) is 7.74. The summed E-state index contributed by atoms with van der Waals surface area (Å²) in [5.74, 6) is -0.191. The quantitative estimate of drug-likeness (QED) is 0.465. The minimum Gasteiger partial charge on any atom is -0.324 e. The molecule has 4 nitrogen and oxygen atoms in total. The average molecular weight is 412 g/mol. The predicted octanol–water partition coefficient (Wildman–Crippen LogP) is 5.34. The summed E-state index contributed by atoms with van der Waals surface area (Å²) in [5, 5.41) is 3.45. The van der Waals surface area contributed by atoms with E-state index in [1.807, 2.05) is 24.3 Å². The molecule has 0 unspecified atom stereocenters. The molecule has 0 fully saturated rings. The molecule has 9 heteroatoms. The monoisotopic (exact) mass is 411 g/mol. The van der Waals surface area contributed by atoms with Gasteiger partial charge >= 0.3 is 6.18 Å². The molecule has 140 valence electrons. The number of nitrogens with zero attached hydrogens (tertiary/aromatic N) is 2. The summed E-state index contributed by atoms with van der Waals surface area (Å²) < 4.78 is 39.3. The number of anilines is 1. The van der Waals surface area contributed by atoms with E-state index in [4.69, 9.17) is 11.6 Å². The molecule has 0 saturated heterocycles. The molecule has 1 aromatic heterocycles. The first-order valence-corrected chi connectivity index (χ1v) is 9.14. The first kappa shape index (κ1) is 19.4. The molecule has 0 bridgehead atoms. The zero-order valence-corrected chi connectivity index (χ0v) is 15.5. The molecule has 1 amide bonds. The molecule has 3 rings (SSSR count). The van der Waals surface area contributed by atoms with E-state index in [0.717, 1.165) is 28.7 Å². The van der Waals surface area contributed by atoms with Crippen molar-refractivity contribution < 1.29 is 18.0 Å². The number of amides is 1. The highest BCUT2D eigenvalue weighted by atomic mass is 35.5. The number of hydrogen-bond acceptors (Lipinski definition) is 4. The van der Waals surface area contributed by atoms with Gasteiger partial charge in [-0.05, 0) is 25.1 Å². The minimum absolute atomic E-state index is 0.122. The van der Waals surface area contributed by atoms with E-state index in [1.165, 1.54) is 12.1 Å². The fraction of sp³-hybridized carbons (Fsp3) is 0.167. The summed E-state index contributed by atoms with van der Waals surface area (Å²) >= 11 is 6.98. The lowest BCUT2D eigenvalue weighted by molar-refractivity contribution is -0.137. The number of benzene rings is 2. The summed E-state index contributed by atoms with van der Waals surface area (Å²) in [6.07, 6.45) is -4.62. The van der Waals surface area contributed by atoms with Crippen molar-refractivity contribution in [3.63, 3.8) is 0 Å². The second-order valence-corrected chi connectivity index (χ2v) is 6.96. The Labute approximate surface area is 162 Å². The number of alkyl halides is 3. The van der Waals surface area contributed by atoms with Crippen molar-refractivity contribution in [3.05, 3.63) is 58.9 Å². The number of rotatable bonds is 4. The number of carbonyl (C=O) groups excluding carboxylic acids is 1. The zero-order valence-electron chi connectivity index (χ0n) is 14.0. The van der Waals surface area contributed by atoms with Crippen molar-refractivity contribution >= 4 is 45.9 Å². The third kappa shape index (κ3) is 4.51. The molecular formula is C18H13ClF3N3OS. The summed E-state index contributed by atoms with van der Waals surface area (Å²) in [7, 11) is 0. The fourth-order valence-electron chi connectivity index (χ4n) is 2.47. The van der Waals surface area contributed by atoms with Crippen LogP contribution in [-0.4, -0.2) is 21.6 Å². The van der Waals surface area contributed by atoms with Gasteiger partial charge in [0.25, 0.3) is 0 Å². The SMILES string of the molecule is Cc1nc(SCC(=O)Nc2c(Cl)cccc2C(F)(F)F)c2ccccc2n1. The van der Waals surface area contributed by atoms with Gasteiger partial charge in [-0.15, -0.1) is 0 Å². The van der Waals surface area contributed by atoms with Crippen molar-refractivity contribution in [1.29, 1.82) is 0 Å². The Morgan fingerprint density at radius 2 is 1.89 bits per heavy atom. The van der Waals surface area contributed by atoms with Crippen LogP contribution in [0, 0.1) is 6.92 Å². The molecule has 1 heterocycles. The largest absolute Gasteiger partial charge is 0.418 e. The normalized spacial score (nSPS) is 11.6. The van der Waals surface area contributed by atoms with E-state index in [-0.39, 0.29) is 10.8 Å². The number of hydrogen-bond donors (Lipinski definition) is 1. The van der Waals surface area contributed by atoms with Gasteiger partial charge in [0.05, 0.1) is 27.5 Å². The van der Waals surface area contributed by atoms with Crippen molar-refractivity contribution in [2.45, 2.75) is 18.1 Å². The first-order chi connectivity index (χ1) is 12.8. The third-order valence-corrected chi connectivity index (χ3v) is 4.91. The van der Waals surface area contributed by atoms with Crippen molar-refractivity contribution in [2.75, 3.05) is 11.1 Å². The molecule has 2 aromatic carbocycles. The van der Waals surface area contributed by atoms with Gasteiger partial charge < -0.3 is 5.32 Å².